The smallest absolute Gasteiger partial charge is 0.186 e. The van der Waals surface area contributed by atoms with Crippen LogP contribution in [0.5, 0.6) is 0 Å². The second kappa shape index (κ2) is 5.71. The van der Waals surface area contributed by atoms with Crippen LogP contribution in [0.3, 0.4) is 0 Å². The number of aromatic nitrogens is 1. The minimum absolute atomic E-state index is 0.0829. The third-order valence-electron chi connectivity index (χ3n) is 4.62. The predicted octanol–water partition coefficient (Wildman–Crippen LogP) is 4.66. The molecule has 0 bridgehead atoms. The highest BCUT2D eigenvalue weighted by atomic mass is 32.1. The van der Waals surface area contributed by atoms with Crippen LogP contribution in [0.15, 0.2) is 0 Å². The first kappa shape index (κ1) is 16.5. The highest BCUT2D eigenvalue weighted by Gasteiger charge is 2.31. The lowest BCUT2D eigenvalue weighted by atomic mass is 9.75. The molecule has 1 saturated carbocycles. The lowest BCUT2D eigenvalue weighted by Crippen LogP contribution is -2.37. The summed E-state index contributed by atoms with van der Waals surface area (Å²) in [5.41, 5.74) is 1.32. The van der Waals surface area contributed by atoms with Crippen LogP contribution >= 0.6 is 11.3 Å². The molecule has 0 unspecified atom stereocenters. The van der Waals surface area contributed by atoms with Crippen molar-refractivity contribution in [2.24, 2.45) is 5.41 Å². The zero-order valence-corrected chi connectivity index (χ0v) is 15.0. The van der Waals surface area contributed by atoms with Crippen molar-refractivity contribution >= 4 is 22.8 Å². The van der Waals surface area contributed by atoms with Gasteiger partial charge in [-0.3, -0.25) is 4.79 Å². The highest BCUT2D eigenvalue weighted by Crippen LogP contribution is 2.39. The van der Waals surface area contributed by atoms with Crippen molar-refractivity contribution in [3.8, 4) is 0 Å². The molecule has 0 radical (unpaired) electrons. The van der Waals surface area contributed by atoms with Crippen molar-refractivity contribution in [2.45, 2.75) is 71.8 Å². The Morgan fingerprint density at radius 1 is 1.29 bits per heavy atom. The summed E-state index contributed by atoms with van der Waals surface area (Å²) in [5, 5.41) is 0.992. The van der Waals surface area contributed by atoms with E-state index in [1.54, 1.807) is 0 Å². The number of carbonyl (C=O) groups is 1. The summed E-state index contributed by atoms with van der Waals surface area (Å²) in [6, 6.07) is 0.552. The molecule has 4 heteroatoms. The van der Waals surface area contributed by atoms with Gasteiger partial charge in [0.1, 0.15) is 0 Å². The zero-order valence-electron chi connectivity index (χ0n) is 14.2. The van der Waals surface area contributed by atoms with Crippen LogP contribution in [0, 0.1) is 5.41 Å². The van der Waals surface area contributed by atoms with Crippen LogP contribution in [0.1, 0.15) is 75.7 Å². The van der Waals surface area contributed by atoms with E-state index in [0.717, 1.165) is 22.0 Å². The van der Waals surface area contributed by atoms with Gasteiger partial charge in [0.25, 0.3) is 0 Å². The predicted molar refractivity (Wildman–Crippen MR) is 90.6 cm³/mol. The number of hydrogen-bond acceptors (Lipinski definition) is 4. The molecular formula is C17H28N2OS. The minimum atomic E-state index is -0.0829. The van der Waals surface area contributed by atoms with Gasteiger partial charge in [0, 0.05) is 18.5 Å². The van der Waals surface area contributed by atoms with Gasteiger partial charge in [0.2, 0.25) is 0 Å². The van der Waals surface area contributed by atoms with Gasteiger partial charge >= 0.3 is 0 Å². The Morgan fingerprint density at radius 2 is 1.86 bits per heavy atom. The molecule has 118 valence electrons. The summed E-state index contributed by atoms with van der Waals surface area (Å²) in [7, 11) is 2.13. The third-order valence-corrected chi connectivity index (χ3v) is 5.69. The largest absolute Gasteiger partial charge is 0.348 e. The van der Waals surface area contributed by atoms with Gasteiger partial charge in [0.05, 0.1) is 10.6 Å². The molecular weight excluding hydrogens is 280 g/mol. The van der Waals surface area contributed by atoms with Gasteiger partial charge in [0.15, 0.2) is 11.4 Å². The fourth-order valence-corrected chi connectivity index (χ4v) is 4.14. The molecule has 0 N–H and O–H groups in total. The summed E-state index contributed by atoms with van der Waals surface area (Å²) in [6.07, 6.45) is 5.91. The maximum Gasteiger partial charge on any atom is 0.186 e. The Bertz CT molecular complexity index is 503. The Hall–Kier alpha value is -0.900. The molecule has 21 heavy (non-hydrogen) atoms. The second-order valence-electron chi connectivity index (χ2n) is 8.08. The van der Waals surface area contributed by atoms with Gasteiger partial charge in [-0.25, -0.2) is 4.98 Å². The standard InChI is InChI=1S/C17H28N2OS/c1-16(2,3)14-13(11-20)21-15(18-14)19(6)12-7-9-17(4,5)10-8-12/h11-12H,7-10H2,1-6H3. The van der Waals surface area contributed by atoms with E-state index in [2.05, 4.69) is 46.6 Å². The van der Waals surface area contributed by atoms with E-state index >= 15 is 0 Å². The Labute approximate surface area is 132 Å². The van der Waals surface area contributed by atoms with E-state index in [9.17, 15) is 4.79 Å². The van der Waals surface area contributed by atoms with Crippen LogP contribution < -0.4 is 4.90 Å². The first-order valence-corrected chi connectivity index (χ1v) is 8.65. The fourth-order valence-electron chi connectivity index (χ4n) is 3.02. The number of aldehydes is 1. The van der Waals surface area contributed by atoms with Gasteiger partial charge in [-0.1, -0.05) is 46.0 Å². The highest BCUT2D eigenvalue weighted by molar-refractivity contribution is 7.17. The van der Waals surface area contributed by atoms with E-state index in [1.165, 1.54) is 37.0 Å². The molecule has 1 aliphatic rings. The maximum atomic E-state index is 11.3. The van der Waals surface area contributed by atoms with E-state index in [0.29, 0.717) is 11.5 Å². The first-order valence-electron chi connectivity index (χ1n) is 7.83. The molecule has 0 aliphatic heterocycles. The van der Waals surface area contributed by atoms with Crippen molar-refractivity contribution in [2.75, 3.05) is 11.9 Å². The molecule has 1 heterocycles. The zero-order chi connectivity index (χ0) is 15.8. The van der Waals surface area contributed by atoms with Gasteiger partial charge in [-0.2, -0.15) is 0 Å². The Balaban J connectivity index is 2.19. The van der Waals surface area contributed by atoms with E-state index < -0.39 is 0 Å². The van der Waals surface area contributed by atoms with Crippen LogP contribution in [-0.2, 0) is 5.41 Å². The molecule has 2 rings (SSSR count). The molecule has 1 aromatic rings. The van der Waals surface area contributed by atoms with E-state index in [4.69, 9.17) is 4.98 Å². The van der Waals surface area contributed by atoms with Crippen LogP contribution in [-0.4, -0.2) is 24.4 Å². The lowest BCUT2D eigenvalue weighted by molar-refractivity contribution is 0.112. The lowest BCUT2D eigenvalue weighted by Gasteiger charge is -2.38. The second-order valence-corrected chi connectivity index (χ2v) is 9.09. The van der Waals surface area contributed by atoms with E-state index in [-0.39, 0.29) is 5.41 Å². The van der Waals surface area contributed by atoms with Gasteiger partial charge < -0.3 is 4.90 Å². The summed E-state index contributed by atoms with van der Waals surface area (Å²) >= 11 is 1.53. The summed E-state index contributed by atoms with van der Waals surface area (Å²) in [6.45, 7) is 11.1. The third kappa shape index (κ3) is 3.65. The normalized spacial score (nSPS) is 19.5. The summed E-state index contributed by atoms with van der Waals surface area (Å²) in [4.78, 5) is 19.2. The topological polar surface area (TPSA) is 33.2 Å². The van der Waals surface area contributed by atoms with Crippen LogP contribution in [0.4, 0.5) is 5.13 Å². The van der Waals surface area contributed by atoms with Crippen LogP contribution in [0.25, 0.3) is 0 Å². The van der Waals surface area contributed by atoms with Crippen molar-refractivity contribution in [3.05, 3.63) is 10.6 Å². The number of nitrogens with zero attached hydrogens (tertiary/aromatic N) is 2. The number of rotatable bonds is 3. The summed E-state index contributed by atoms with van der Waals surface area (Å²) in [5.74, 6) is 0. The van der Waals surface area contributed by atoms with Crippen molar-refractivity contribution in [3.63, 3.8) is 0 Å². The molecule has 0 aromatic carbocycles. The van der Waals surface area contributed by atoms with Crippen molar-refractivity contribution in [1.29, 1.82) is 0 Å². The summed E-state index contributed by atoms with van der Waals surface area (Å²) < 4.78 is 0. The van der Waals surface area contributed by atoms with Gasteiger partial charge in [-0.15, -0.1) is 0 Å². The van der Waals surface area contributed by atoms with Crippen LogP contribution in [0.2, 0.25) is 0 Å². The maximum absolute atomic E-state index is 11.3. The molecule has 3 nitrogen and oxygen atoms in total. The Morgan fingerprint density at radius 3 is 2.29 bits per heavy atom. The molecule has 0 spiro atoms. The number of anilines is 1. The first-order chi connectivity index (χ1) is 9.64. The van der Waals surface area contributed by atoms with E-state index in [1.807, 2.05) is 0 Å². The molecule has 1 aromatic heterocycles. The quantitative estimate of drug-likeness (QED) is 0.762. The SMILES string of the molecule is CN(c1nc(C(C)(C)C)c(C=O)s1)C1CCC(C)(C)CC1. The molecule has 0 saturated heterocycles. The molecule has 1 aliphatic carbocycles. The number of thiazole rings is 1. The minimum Gasteiger partial charge on any atom is -0.348 e. The average molecular weight is 308 g/mol. The fraction of sp³-hybridized carbons (Fsp3) is 0.765. The van der Waals surface area contributed by atoms with Gasteiger partial charge in [-0.05, 0) is 31.1 Å². The molecule has 0 atom stereocenters. The molecule has 1 fully saturated rings. The number of carbonyl (C=O) groups excluding carboxylic acids is 1. The number of hydrogen-bond donors (Lipinski definition) is 0. The Kier molecular flexibility index (Phi) is 4.48. The average Bonchev–Trinajstić information content (AvgIpc) is 2.82. The monoisotopic (exact) mass is 308 g/mol. The molecule has 0 amide bonds. The van der Waals surface area contributed by atoms with Crippen molar-refractivity contribution < 1.29 is 4.79 Å². The van der Waals surface area contributed by atoms with Crippen molar-refractivity contribution in [1.82, 2.24) is 4.98 Å².